The Morgan fingerprint density at radius 2 is 2.16 bits per heavy atom. The third-order valence-electron chi connectivity index (χ3n) is 3.47. The van der Waals surface area contributed by atoms with E-state index in [2.05, 4.69) is 20.6 Å². The first-order chi connectivity index (χ1) is 9.16. The van der Waals surface area contributed by atoms with E-state index in [-0.39, 0.29) is 11.4 Å². The van der Waals surface area contributed by atoms with Crippen LogP contribution in [0.15, 0.2) is 30.5 Å². The summed E-state index contributed by atoms with van der Waals surface area (Å²) in [5.41, 5.74) is 1.72. The number of carbonyl (C=O) groups excluding carboxylic acids is 1. The maximum absolute atomic E-state index is 12.2. The van der Waals surface area contributed by atoms with Crippen molar-refractivity contribution in [2.45, 2.75) is 18.9 Å². The molecule has 1 aromatic heterocycles. The summed E-state index contributed by atoms with van der Waals surface area (Å²) in [6, 6.07) is 7.53. The zero-order valence-electron chi connectivity index (χ0n) is 10.8. The minimum absolute atomic E-state index is 0.163. The Morgan fingerprint density at radius 1 is 1.37 bits per heavy atom. The molecule has 1 aliphatic heterocycles. The van der Waals surface area contributed by atoms with Crippen LogP contribution < -0.4 is 10.6 Å². The highest BCUT2D eigenvalue weighted by Gasteiger charge is 2.30. The van der Waals surface area contributed by atoms with E-state index in [9.17, 15) is 4.79 Å². The number of fused-ring (bicyclic) bond motifs is 1. The van der Waals surface area contributed by atoms with Gasteiger partial charge < -0.3 is 10.6 Å². The van der Waals surface area contributed by atoms with Gasteiger partial charge in [0.1, 0.15) is 5.69 Å². The monoisotopic (exact) mass is 256 g/mol. The lowest BCUT2D eigenvalue weighted by Crippen LogP contribution is -2.47. The van der Waals surface area contributed by atoms with Crippen molar-refractivity contribution < 1.29 is 4.79 Å². The minimum atomic E-state index is -0.190. The number of carbonyl (C=O) groups is 1. The van der Waals surface area contributed by atoms with Crippen molar-refractivity contribution in [3.8, 4) is 0 Å². The molecule has 5 heteroatoms. The number of nitrogens with zero attached hydrogens (tertiary/aromatic N) is 2. The lowest BCUT2D eigenvalue weighted by molar-refractivity contribution is 0.0908. The minimum Gasteiger partial charge on any atom is -0.344 e. The standard InChI is InChI=1S/C14H16N4O/c1-14(6-7-15-9-14)18-13(19)12-8-16-10-4-2-3-5-11(10)17-12/h2-5,8,15H,6-7,9H2,1H3,(H,18,19). The number of hydrogen-bond acceptors (Lipinski definition) is 4. The largest absolute Gasteiger partial charge is 0.344 e. The van der Waals surface area contributed by atoms with Crippen LogP contribution in [-0.4, -0.2) is 34.5 Å². The lowest BCUT2D eigenvalue weighted by Gasteiger charge is -2.24. The van der Waals surface area contributed by atoms with Crippen molar-refractivity contribution in [1.82, 2.24) is 20.6 Å². The van der Waals surface area contributed by atoms with Crippen LogP contribution in [0.5, 0.6) is 0 Å². The third-order valence-corrected chi connectivity index (χ3v) is 3.47. The maximum Gasteiger partial charge on any atom is 0.271 e. The molecule has 1 saturated heterocycles. The highest BCUT2D eigenvalue weighted by atomic mass is 16.2. The fraction of sp³-hybridized carbons (Fsp3) is 0.357. The molecule has 0 saturated carbocycles. The highest BCUT2D eigenvalue weighted by Crippen LogP contribution is 2.14. The van der Waals surface area contributed by atoms with E-state index in [1.54, 1.807) is 0 Å². The SMILES string of the molecule is CC1(NC(=O)c2cnc3ccccc3n2)CCNC1. The molecule has 1 aliphatic rings. The summed E-state index contributed by atoms with van der Waals surface area (Å²) < 4.78 is 0. The second-order valence-electron chi connectivity index (χ2n) is 5.19. The number of aromatic nitrogens is 2. The van der Waals surface area contributed by atoms with E-state index in [0.717, 1.165) is 30.5 Å². The van der Waals surface area contributed by atoms with Gasteiger partial charge in [0.25, 0.3) is 5.91 Å². The average Bonchev–Trinajstić information content (AvgIpc) is 2.84. The maximum atomic E-state index is 12.2. The van der Waals surface area contributed by atoms with Crippen LogP contribution >= 0.6 is 0 Å². The third kappa shape index (κ3) is 2.42. The topological polar surface area (TPSA) is 66.9 Å². The molecule has 2 N–H and O–H groups in total. The van der Waals surface area contributed by atoms with E-state index >= 15 is 0 Å². The van der Waals surface area contributed by atoms with E-state index in [1.807, 2.05) is 31.2 Å². The molecule has 19 heavy (non-hydrogen) atoms. The van der Waals surface area contributed by atoms with Gasteiger partial charge in [-0.15, -0.1) is 0 Å². The predicted molar refractivity (Wildman–Crippen MR) is 72.9 cm³/mol. The van der Waals surface area contributed by atoms with Crippen LogP contribution in [0.4, 0.5) is 0 Å². The number of nitrogens with one attached hydrogen (secondary N) is 2. The number of amides is 1. The summed E-state index contributed by atoms with van der Waals surface area (Å²) in [5.74, 6) is -0.163. The molecule has 98 valence electrons. The summed E-state index contributed by atoms with van der Waals surface area (Å²) >= 11 is 0. The molecule has 1 fully saturated rings. The first-order valence-electron chi connectivity index (χ1n) is 6.41. The van der Waals surface area contributed by atoms with Gasteiger partial charge in [-0.1, -0.05) is 12.1 Å². The number of hydrogen-bond donors (Lipinski definition) is 2. The fourth-order valence-electron chi connectivity index (χ4n) is 2.33. The molecule has 1 atom stereocenters. The van der Waals surface area contributed by atoms with E-state index in [1.165, 1.54) is 6.20 Å². The number of benzene rings is 1. The smallest absolute Gasteiger partial charge is 0.271 e. The Hall–Kier alpha value is -2.01. The van der Waals surface area contributed by atoms with Crippen molar-refractivity contribution >= 4 is 16.9 Å². The summed E-state index contributed by atoms with van der Waals surface area (Å²) in [6.45, 7) is 3.76. The number of rotatable bonds is 2. The Morgan fingerprint density at radius 3 is 2.89 bits per heavy atom. The Balaban J connectivity index is 1.85. The van der Waals surface area contributed by atoms with Crippen molar-refractivity contribution in [2.75, 3.05) is 13.1 Å². The molecule has 3 rings (SSSR count). The van der Waals surface area contributed by atoms with E-state index < -0.39 is 0 Å². The highest BCUT2D eigenvalue weighted by molar-refractivity contribution is 5.94. The van der Waals surface area contributed by atoms with Gasteiger partial charge in [0.2, 0.25) is 0 Å². The van der Waals surface area contributed by atoms with Crippen molar-refractivity contribution in [1.29, 1.82) is 0 Å². The molecule has 0 radical (unpaired) electrons. The molecule has 2 heterocycles. The Labute approximate surface area is 111 Å². The molecule has 0 spiro atoms. The second kappa shape index (κ2) is 4.59. The quantitative estimate of drug-likeness (QED) is 0.844. The summed E-state index contributed by atoms with van der Waals surface area (Å²) in [5, 5.41) is 6.28. The average molecular weight is 256 g/mol. The summed E-state index contributed by atoms with van der Waals surface area (Å²) in [6.07, 6.45) is 2.46. The Bertz CT molecular complexity index is 620. The Kier molecular flexibility index (Phi) is 2.91. The molecule has 1 amide bonds. The van der Waals surface area contributed by atoms with Crippen molar-refractivity contribution in [3.63, 3.8) is 0 Å². The van der Waals surface area contributed by atoms with Gasteiger partial charge in [0.05, 0.1) is 22.8 Å². The fourth-order valence-corrected chi connectivity index (χ4v) is 2.33. The molecule has 5 nitrogen and oxygen atoms in total. The molecular formula is C14H16N4O. The van der Waals surface area contributed by atoms with Crippen molar-refractivity contribution in [2.24, 2.45) is 0 Å². The first-order valence-corrected chi connectivity index (χ1v) is 6.41. The van der Waals surface area contributed by atoms with Crippen LogP contribution in [0.25, 0.3) is 11.0 Å². The molecule has 1 unspecified atom stereocenters. The lowest BCUT2D eigenvalue weighted by atomic mass is 10.0. The normalized spacial score (nSPS) is 22.6. The van der Waals surface area contributed by atoms with Crippen LogP contribution in [0.3, 0.4) is 0 Å². The number of para-hydroxylation sites is 2. The van der Waals surface area contributed by atoms with E-state index in [0.29, 0.717) is 5.69 Å². The van der Waals surface area contributed by atoms with Gasteiger partial charge >= 0.3 is 0 Å². The van der Waals surface area contributed by atoms with Gasteiger partial charge in [0.15, 0.2) is 0 Å². The van der Waals surface area contributed by atoms with Crippen molar-refractivity contribution in [3.05, 3.63) is 36.2 Å². The molecule has 1 aromatic carbocycles. The zero-order chi connectivity index (χ0) is 13.3. The van der Waals surface area contributed by atoms with E-state index in [4.69, 9.17) is 0 Å². The zero-order valence-corrected chi connectivity index (χ0v) is 10.8. The van der Waals surface area contributed by atoms with Crippen LogP contribution in [0, 0.1) is 0 Å². The van der Waals surface area contributed by atoms with Gasteiger partial charge in [-0.3, -0.25) is 9.78 Å². The molecular weight excluding hydrogens is 240 g/mol. The summed E-state index contributed by atoms with van der Waals surface area (Å²) in [7, 11) is 0. The predicted octanol–water partition coefficient (Wildman–Crippen LogP) is 1.11. The first kappa shape index (κ1) is 12.0. The van der Waals surface area contributed by atoms with Crippen LogP contribution in [-0.2, 0) is 0 Å². The summed E-state index contributed by atoms with van der Waals surface area (Å²) in [4.78, 5) is 20.8. The second-order valence-corrected chi connectivity index (χ2v) is 5.19. The van der Waals surface area contributed by atoms with Gasteiger partial charge in [0, 0.05) is 6.54 Å². The molecule has 0 bridgehead atoms. The van der Waals surface area contributed by atoms with Crippen LogP contribution in [0.2, 0.25) is 0 Å². The van der Waals surface area contributed by atoms with Crippen LogP contribution in [0.1, 0.15) is 23.8 Å². The van der Waals surface area contributed by atoms with Gasteiger partial charge in [-0.2, -0.15) is 0 Å². The van der Waals surface area contributed by atoms with Gasteiger partial charge in [-0.05, 0) is 32.0 Å². The van der Waals surface area contributed by atoms with Gasteiger partial charge in [-0.25, -0.2) is 4.98 Å². The molecule has 2 aromatic rings. The molecule has 0 aliphatic carbocycles.